The second-order valence-electron chi connectivity index (χ2n) is 3.13. The third kappa shape index (κ3) is 3.52. The van der Waals surface area contributed by atoms with Gasteiger partial charge in [-0.2, -0.15) is 0 Å². The van der Waals surface area contributed by atoms with Gasteiger partial charge in [0.25, 0.3) is 0 Å². The van der Waals surface area contributed by atoms with Crippen molar-refractivity contribution in [2.75, 3.05) is 31.4 Å². The first-order valence-corrected chi connectivity index (χ1v) is 5.70. The number of nitrogens with zero attached hydrogens (tertiary/aromatic N) is 1. The second-order valence-corrected chi connectivity index (χ2v) is 3.88. The molecule has 1 fully saturated rings. The van der Waals surface area contributed by atoms with Crippen LogP contribution in [0.15, 0.2) is 0 Å². The third-order valence-electron chi connectivity index (χ3n) is 2.18. The van der Waals surface area contributed by atoms with E-state index in [4.69, 9.17) is 23.2 Å². The molecule has 1 saturated heterocycles. The number of hydrogen-bond acceptors (Lipinski definition) is 3. The zero-order valence-corrected chi connectivity index (χ0v) is 9.64. The van der Waals surface area contributed by atoms with Crippen molar-refractivity contribution in [3.8, 4) is 0 Å². The first-order valence-electron chi connectivity index (χ1n) is 4.63. The zero-order chi connectivity index (χ0) is 11.3. The van der Waals surface area contributed by atoms with E-state index >= 15 is 0 Å². The molecule has 2 N–H and O–H groups in total. The Bertz CT molecular complexity index is 244. The topological polar surface area (TPSA) is 61.4 Å². The Hall–Kier alpha value is -0.520. The van der Waals surface area contributed by atoms with Crippen molar-refractivity contribution in [1.29, 1.82) is 0 Å². The molecule has 0 aromatic carbocycles. The van der Waals surface area contributed by atoms with E-state index in [0.717, 1.165) is 0 Å². The standard InChI is InChI=1S/C8H13Cl2N3O2/c9-1-3-13(4-2-10)6-5-11-8(15)12-7(6)14/h6H,1-5H2,(H2,11,12,14,15). The van der Waals surface area contributed by atoms with Crippen LogP contribution < -0.4 is 10.6 Å². The number of amides is 3. The Balaban J connectivity index is 2.57. The number of carbonyl (C=O) groups excluding carboxylic acids is 2. The fraction of sp³-hybridized carbons (Fsp3) is 0.750. The van der Waals surface area contributed by atoms with Gasteiger partial charge in [0.15, 0.2) is 0 Å². The first-order chi connectivity index (χ1) is 7.19. The van der Waals surface area contributed by atoms with E-state index in [1.165, 1.54) is 0 Å². The van der Waals surface area contributed by atoms with Crippen LogP contribution in [0.2, 0.25) is 0 Å². The number of hydrogen-bond donors (Lipinski definition) is 2. The molecular weight excluding hydrogens is 241 g/mol. The summed E-state index contributed by atoms with van der Waals surface area (Å²) in [5.74, 6) is 0.553. The van der Waals surface area contributed by atoms with Gasteiger partial charge in [-0.3, -0.25) is 15.0 Å². The molecule has 1 heterocycles. The average Bonchev–Trinajstić information content (AvgIpc) is 2.17. The smallest absolute Gasteiger partial charge is 0.321 e. The maximum atomic E-state index is 11.5. The van der Waals surface area contributed by atoms with Gasteiger partial charge in [-0.1, -0.05) is 0 Å². The highest BCUT2D eigenvalue weighted by atomic mass is 35.5. The zero-order valence-electron chi connectivity index (χ0n) is 8.13. The van der Waals surface area contributed by atoms with Gasteiger partial charge in [0.05, 0.1) is 0 Å². The quantitative estimate of drug-likeness (QED) is 0.677. The van der Waals surface area contributed by atoms with E-state index in [0.29, 0.717) is 31.4 Å². The van der Waals surface area contributed by atoms with Crippen LogP contribution in [-0.4, -0.2) is 54.3 Å². The Morgan fingerprint density at radius 2 is 1.87 bits per heavy atom. The summed E-state index contributed by atoms with van der Waals surface area (Å²) in [7, 11) is 0. The highest BCUT2D eigenvalue weighted by Gasteiger charge is 2.30. The van der Waals surface area contributed by atoms with Crippen LogP contribution in [0.3, 0.4) is 0 Å². The van der Waals surface area contributed by atoms with E-state index in [1.54, 1.807) is 0 Å². The van der Waals surface area contributed by atoms with Gasteiger partial charge in [0.2, 0.25) is 5.91 Å². The Kier molecular flexibility index (Phi) is 5.14. The molecule has 0 spiro atoms. The number of urea groups is 1. The lowest BCUT2D eigenvalue weighted by molar-refractivity contribution is -0.125. The molecular formula is C8H13Cl2N3O2. The summed E-state index contributed by atoms with van der Waals surface area (Å²) in [6.07, 6.45) is 0. The minimum atomic E-state index is -0.451. The minimum absolute atomic E-state index is 0.297. The van der Waals surface area contributed by atoms with Gasteiger partial charge >= 0.3 is 6.03 Å². The first kappa shape index (κ1) is 12.5. The fourth-order valence-corrected chi connectivity index (χ4v) is 1.89. The van der Waals surface area contributed by atoms with Crippen molar-refractivity contribution >= 4 is 35.1 Å². The molecule has 3 amide bonds. The van der Waals surface area contributed by atoms with E-state index in [1.807, 2.05) is 4.90 Å². The second kappa shape index (κ2) is 6.15. The molecule has 5 nitrogen and oxygen atoms in total. The molecule has 1 atom stereocenters. The number of alkyl halides is 2. The van der Waals surface area contributed by atoms with Crippen LogP contribution in [0.1, 0.15) is 0 Å². The van der Waals surface area contributed by atoms with Crippen LogP contribution in [0.25, 0.3) is 0 Å². The van der Waals surface area contributed by atoms with Crippen LogP contribution in [-0.2, 0) is 4.79 Å². The number of imide groups is 1. The SMILES string of the molecule is O=C1NCC(N(CCCl)CCCl)C(=O)N1. The Morgan fingerprint density at radius 1 is 1.27 bits per heavy atom. The summed E-state index contributed by atoms with van der Waals surface area (Å²) in [5, 5.41) is 4.77. The molecule has 1 aliphatic rings. The predicted molar refractivity (Wildman–Crippen MR) is 58.3 cm³/mol. The molecule has 1 unspecified atom stereocenters. The van der Waals surface area contributed by atoms with E-state index in [2.05, 4.69) is 10.6 Å². The molecule has 15 heavy (non-hydrogen) atoms. The monoisotopic (exact) mass is 253 g/mol. The van der Waals surface area contributed by atoms with Gasteiger partial charge in [-0.05, 0) is 0 Å². The van der Waals surface area contributed by atoms with Crippen LogP contribution in [0, 0.1) is 0 Å². The highest BCUT2D eigenvalue weighted by Crippen LogP contribution is 2.03. The van der Waals surface area contributed by atoms with Crippen LogP contribution in [0.4, 0.5) is 4.79 Å². The maximum Gasteiger partial charge on any atom is 0.321 e. The number of nitrogens with one attached hydrogen (secondary N) is 2. The number of halogens is 2. The van der Waals surface area contributed by atoms with Gasteiger partial charge in [0.1, 0.15) is 6.04 Å². The largest absolute Gasteiger partial charge is 0.336 e. The lowest BCUT2D eigenvalue weighted by Gasteiger charge is -2.32. The van der Waals surface area contributed by atoms with Crippen molar-refractivity contribution in [1.82, 2.24) is 15.5 Å². The maximum absolute atomic E-state index is 11.5. The van der Waals surface area contributed by atoms with E-state index < -0.39 is 6.03 Å². The molecule has 0 radical (unpaired) electrons. The lowest BCUT2D eigenvalue weighted by atomic mass is 10.2. The fourth-order valence-electron chi connectivity index (χ4n) is 1.46. The molecule has 0 bridgehead atoms. The highest BCUT2D eigenvalue weighted by molar-refractivity contribution is 6.18. The molecule has 1 rings (SSSR count). The summed E-state index contributed by atoms with van der Waals surface area (Å²) in [6.45, 7) is 1.45. The Labute approximate surface area is 98.1 Å². The van der Waals surface area contributed by atoms with Crippen molar-refractivity contribution < 1.29 is 9.59 Å². The average molecular weight is 254 g/mol. The number of rotatable bonds is 5. The molecule has 7 heteroatoms. The van der Waals surface area contributed by atoms with Crippen LogP contribution in [0.5, 0.6) is 0 Å². The Morgan fingerprint density at radius 3 is 2.33 bits per heavy atom. The summed E-state index contributed by atoms with van der Waals surface area (Å²) in [4.78, 5) is 24.2. The van der Waals surface area contributed by atoms with Crippen molar-refractivity contribution in [3.63, 3.8) is 0 Å². The van der Waals surface area contributed by atoms with Crippen LogP contribution >= 0.6 is 23.2 Å². The molecule has 1 aliphatic heterocycles. The molecule has 86 valence electrons. The van der Waals surface area contributed by atoms with E-state index in [-0.39, 0.29) is 11.9 Å². The summed E-state index contributed by atoms with van der Waals surface area (Å²) < 4.78 is 0. The summed E-state index contributed by atoms with van der Waals surface area (Å²) >= 11 is 11.2. The third-order valence-corrected chi connectivity index (χ3v) is 2.52. The van der Waals surface area contributed by atoms with Crippen molar-refractivity contribution in [3.05, 3.63) is 0 Å². The van der Waals surface area contributed by atoms with Gasteiger partial charge in [0, 0.05) is 31.4 Å². The summed E-state index contributed by atoms with van der Waals surface area (Å²) in [5.41, 5.74) is 0. The van der Waals surface area contributed by atoms with Gasteiger partial charge in [-0.25, -0.2) is 4.79 Å². The lowest BCUT2D eigenvalue weighted by Crippen LogP contribution is -2.61. The van der Waals surface area contributed by atoms with Crippen molar-refractivity contribution in [2.24, 2.45) is 0 Å². The van der Waals surface area contributed by atoms with Gasteiger partial charge in [-0.15, -0.1) is 23.2 Å². The predicted octanol–water partition coefficient (Wildman–Crippen LogP) is -0.0260. The summed E-state index contributed by atoms with van der Waals surface area (Å²) in [6, 6.07) is -0.826. The molecule has 0 aromatic rings. The molecule has 0 aliphatic carbocycles. The van der Waals surface area contributed by atoms with E-state index in [9.17, 15) is 9.59 Å². The minimum Gasteiger partial charge on any atom is -0.336 e. The normalized spacial score (nSPS) is 21.4. The molecule has 0 saturated carbocycles. The van der Waals surface area contributed by atoms with Gasteiger partial charge < -0.3 is 5.32 Å². The van der Waals surface area contributed by atoms with Crippen molar-refractivity contribution in [2.45, 2.75) is 6.04 Å². The molecule has 0 aromatic heterocycles. The number of carbonyl (C=O) groups is 2.